The van der Waals surface area contributed by atoms with E-state index in [1.165, 1.54) is 14.2 Å². The number of carbonyl (C=O) groups is 1. The van der Waals surface area contributed by atoms with Crippen molar-refractivity contribution in [3.63, 3.8) is 0 Å². The summed E-state index contributed by atoms with van der Waals surface area (Å²) in [6.07, 6.45) is 3.32. The summed E-state index contributed by atoms with van der Waals surface area (Å²) in [4.78, 5) is 26.1. The normalized spacial score (nSPS) is 10.9. The van der Waals surface area contributed by atoms with E-state index in [0.29, 0.717) is 28.4 Å². The lowest BCUT2D eigenvalue weighted by Gasteiger charge is -2.13. The highest BCUT2D eigenvalue weighted by atomic mass is 35.5. The van der Waals surface area contributed by atoms with Crippen LogP contribution >= 0.6 is 11.6 Å². The molecule has 1 aromatic carbocycles. The Bertz CT molecular complexity index is 1340. The van der Waals surface area contributed by atoms with Crippen LogP contribution in [0.5, 0.6) is 11.9 Å². The number of carbonyl (C=O) groups excluding carboxylic acids is 1. The zero-order valence-electron chi connectivity index (χ0n) is 18.8. The topological polar surface area (TPSA) is 88.4 Å². The molecule has 0 amide bonds. The number of rotatable bonds is 7. The highest BCUT2D eigenvalue weighted by Crippen LogP contribution is 2.40. The number of benzene rings is 1. The second-order valence-corrected chi connectivity index (χ2v) is 7.71. The summed E-state index contributed by atoms with van der Waals surface area (Å²) in [5.74, 6) is -0.199. The van der Waals surface area contributed by atoms with Crippen molar-refractivity contribution in [3.8, 4) is 23.0 Å². The van der Waals surface area contributed by atoms with Gasteiger partial charge in [0.15, 0.2) is 0 Å². The number of hydrogen-bond donors (Lipinski definition) is 0. The predicted octanol–water partition coefficient (Wildman–Crippen LogP) is 4.70. The third-order valence-electron chi connectivity index (χ3n) is 5.17. The second kappa shape index (κ2) is 9.46. The molecule has 0 N–H and O–H groups in total. The molecule has 9 heteroatoms. The van der Waals surface area contributed by atoms with E-state index in [0.717, 1.165) is 22.2 Å². The Labute approximate surface area is 196 Å². The van der Waals surface area contributed by atoms with Crippen LogP contribution < -0.4 is 9.47 Å². The molecule has 0 saturated carbocycles. The largest absolute Gasteiger partial charge is 0.480 e. The molecule has 3 heterocycles. The number of nitrogens with zero attached hydrogens (tertiary/aromatic N) is 4. The number of pyridine rings is 1. The summed E-state index contributed by atoms with van der Waals surface area (Å²) in [6.45, 7) is 4.35. The second-order valence-electron chi connectivity index (χ2n) is 7.28. The Hall–Kier alpha value is -3.65. The van der Waals surface area contributed by atoms with Gasteiger partial charge in [-0.25, -0.2) is 9.78 Å². The fourth-order valence-corrected chi connectivity index (χ4v) is 4.01. The van der Waals surface area contributed by atoms with Gasteiger partial charge in [0.1, 0.15) is 5.69 Å². The lowest BCUT2D eigenvalue weighted by atomic mass is 10.0. The fourth-order valence-electron chi connectivity index (χ4n) is 3.84. The maximum atomic E-state index is 13.3. The van der Waals surface area contributed by atoms with Gasteiger partial charge in [-0.3, -0.25) is 4.98 Å². The lowest BCUT2D eigenvalue weighted by molar-refractivity contribution is 0.0516. The number of hydrogen-bond acceptors (Lipinski definition) is 7. The highest BCUT2D eigenvalue weighted by molar-refractivity contribution is 6.31. The molecule has 0 saturated heterocycles. The third kappa shape index (κ3) is 4.34. The number of aromatic nitrogens is 4. The first-order valence-electron chi connectivity index (χ1n) is 10.3. The summed E-state index contributed by atoms with van der Waals surface area (Å²) in [6, 6.07) is 9.54. The summed E-state index contributed by atoms with van der Waals surface area (Å²) < 4.78 is 18.0. The van der Waals surface area contributed by atoms with Crippen LogP contribution in [0.15, 0.2) is 42.7 Å². The van der Waals surface area contributed by atoms with Gasteiger partial charge in [-0.2, -0.15) is 4.98 Å². The molecule has 8 nitrogen and oxygen atoms in total. The van der Waals surface area contributed by atoms with Crippen molar-refractivity contribution < 1.29 is 19.0 Å². The Morgan fingerprint density at radius 3 is 2.64 bits per heavy atom. The van der Waals surface area contributed by atoms with E-state index in [2.05, 4.69) is 15.0 Å². The molecule has 0 atom stereocenters. The zero-order valence-corrected chi connectivity index (χ0v) is 19.5. The molecule has 0 unspecified atom stereocenters. The van der Waals surface area contributed by atoms with E-state index in [1.54, 1.807) is 25.4 Å². The minimum absolute atomic E-state index is 0.155. The van der Waals surface area contributed by atoms with Crippen LogP contribution in [0.1, 0.15) is 28.7 Å². The summed E-state index contributed by atoms with van der Waals surface area (Å²) in [5.41, 5.74) is 4.15. The van der Waals surface area contributed by atoms with Gasteiger partial charge in [0.25, 0.3) is 0 Å². The molecule has 0 bridgehead atoms. The van der Waals surface area contributed by atoms with Crippen molar-refractivity contribution in [2.45, 2.75) is 20.4 Å². The minimum Gasteiger partial charge on any atom is -0.480 e. The van der Waals surface area contributed by atoms with E-state index < -0.39 is 5.97 Å². The number of halogens is 1. The number of esters is 1. The lowest BCUT2D eigenvalue weighted by Crippen LogP contribution is -2.14. The molecule has 0 fully saturated rings. The van der Waals surface area contributed by atoms with Gasteiger partial charge in [0, 0.05) is 46.1 Å². The molecule has 0 spiro atoms. The smallest absolute Gasteiger partial charge is 0.355 e. The van der Waals surface area contributed by atoms with Crippen molar-refractivity contribution >= 4 is 28.5 Å². The first kappa shape index (κ1) is 22.5. The molecular formula is C24H23ClN4O4. The average molecular weight is 467 g/mol. The van der Waals surface area contributed by atoms with Crippen LogP contribution in [-0.2, 0) is 11.3 Å². The molecule has 170 valence electrons. The van der Waals surface area contributed by atoms with Crippen molar-refractivity contribution in [2.75, 3.05) is 20.8 Å². The molecule has 4 rings (SSSR count). The van der Waals surface area contributed by atoms with Gasteiger partial charge in [0.05, 0.1) is 26.4 Å². The SMILES string of the molecule is CCOC(=O)c1c(-c2cnc(OC)nc2OC)c2cc(Cl)ccc2n1Cc1ccnc(C)c1. The van der Waals surface area contributed by atoms with Gasteiger partial charge in [-0.1, -0.05) is 11.6 Å². The van der Waals surface area contributed by atoms with Gasteiger partial charge in [-0.05, 0) is 49.7 Å². The molecule has 0 aliphatic carbocycles. The van der Waals surface area contributed by atoms with Crippen molar-refractivity contribution in [2.24, 2.45) is 0 Å². The van der Waals surface area contributed by atoms with Gasteiger partial charge in [0.2, 0.25) is 5.88 Å². The molecule has 4 aromatic rings. The molecule has 0 aliphatic heterocycles. The standard InChI is InChI=1S/C24H23ClN4O4/c1-5-33-23(30)21-20(18-12-27-24(32-4)28-22(18)31-3)17-11-16(25)6-7-19(17)29(21)13-15-8-9-26-14(2)10-15/h6-12H,5,13H2,1-4H3. The highest BCUT2D eigenvalue weighted by Gasteiger charge is 2.28. The maximum absolute atomic E-state index is 13.3. The molecule has 3 aromatic heterocycles. The van der Waals surface area contributed by atoms with E-state index in [9.17, 15) is 4.79 Å². The Morgan fingerprint density at radius 2 is 1.94 bits per heavy atom. The van der Waals surface area contributed by atoms with Crippen LogP contribution in [0.3, 0.4) is 0 Å². The Kier molecular flexibility index (Phi) is 6.46. The fraction of sp³-hybridized carbons (Fsp3) is 0.250. The van der Waals surface area contributed by atoms with Crippen LogP contribution in [0.4, 0.5) is 0 Å². The van der Waals surface area contributed by atoms with Crippen LogP contribution in [0, 0.1) is 6.92 Å². The third-order valence-corrected chi connectivity index (χ3v) is 5.41. The van der Waals surface area contributed by atoms with Crippen LogP contribution in [0.25, 0.3) is 22.0 Å². The number of fused-ring (bicyclic) bond motifs is 1. The van der Waals surface area contributed by atoms with E-state index in [-0.39, 0.29) is 18.5 Å². The Morgan fingerprint density at radius 1 is 1.12 bits per heavy atom. The zero-order chi connectivity index (χ0) is 23.5. The summed E-state index contributed by atoms with van der Waals surface area (Å²) in [5, 5.41) is 1.29. The van der Waals surface area contributed by atoms with E-state index in [1.807, 2.05) is 35.8 Å². The molecule has 0 aliphatic rings. The molecular weight excluding hydrogens is 444 g/mol. The average Bonchev–Trinajstić information content (AvgIpc) is 3.11. The number of methoxy groups -OCH3 is 2. The minimum atomic E-state index is -0.469. The number of ether oxygens (including phenoxy) is 3. The van der Waals surface area contributed by atoms with Crippen molar-refractivity contribution in [1.82, 2.24) is 19.5 Å². The summed E-state index contributed by atoms with van der Waals surface area (Å²) >= 11 is 6.37. The number of aryl methyl sites for hydroxylation is 1. The molecule has 33 heavy (non-hydrogen) atoms. The van der Waals surface area contributed by atoms with E-state index in [4.69, 9.17) is 25.8 Å². The van der Waals surface area contributed by atoms with Gasteiger partial charge < -0.3 is 18.8 Å². The molecule has 0 radical (unpaired) electrons. The van der Waals surface area contributed by atoms with E-state index >= 15 is 0 Å². The Balaban J connectivity index is 2.06. The van der Waals surface area contributed by atoms with Crippen LogP contribution in [0.2, 0.25) is 5.02 Å². The van der Waals surface area contributed by atoms with Gasteiger partial charge >= 0.3 is 12.0 Å². The van der Waals surface area contributed by atoms with Crippen molar-refractivity contribution in [1.29, 1.82) is 0 Å². The van der Waals surface area contributed by atoms with Crippen molar-refractivity contribution in [3.05, 3.63) is 64.7 Å². The monoisotopic (exact) mass is 466 g/mol. The first-order chi connectivity index (χ1) is 16.0. The predicted molar refractivity (Wildman–Crippen MR) is 125 cm³/mol. The van der Waals surface area contributed by atoms with Gasteiger partial charge in [-0.15, -0.1) is 0 Å². The summed E-state index contributed by atoms with van der Waals surface area (Å²) in [7, 11) is 2.97. The van der Waals surface area contributed by atoms with Crippen LogP contribution in [-0.4, -0.2) is 46.3 Å². The first-order valence-corrected chi connectivity index (χ1v) is 10.7. The quantitative estimate of drug-likeness (QED) is 0.365. The maximum Gasteiger partial charge on any atom is 0.355 e.